The summed E-state index contributed by atoms with van der Waals surface area (Å²) >= 11 is 12.0. The molecular formula is C21H18ClN5O2S. The van der Waals surface area contributed by atoms with Gasteiger partial charge in [0.05, 0.1) is 5.69 Å². The van der Waals surface area contributed by atoms with E-state index in [1.165, 1.54) is 13.8 Å². The first-order chi connectivity index (χ1) is 14.3. The maximum absolute atomic E-state index is 11.4. The molecular weight excluding hydrogens is 422 g/mol. The van der Waals surface area contributed by atoms with Crippen LogP contribution in [0.4, 0.5) is 17.1 Å². The van der Waals surface area contributed by atoms with Gasteiger partial charge in [0, 0.05) is 25.2 Å². The number of hydrogen-bond donors (Lipinski definition) is 4. The first-order valence-electron chi connectivity index (χ1n) is 9.14. The summed E-state index contributed by atoms with van der Waals surface area (Å²) < 4.78 is 0. The highest BCUT2D eigenvalue weighted by Crippen LogP contribution is 2.49. The lowest BCUT2D eigenvalue weighted by molar-refractivity contribution is -0.115. The van der Waals surface area contributed by atoms with Gasteiger partial charge in [-0.05, 0) is 35.4 Å². The van der Waals surface area contributed by atoms with Crippen LogP contribution in [0.2, 0.25) is 5.15 Å². The maximum atomic E-state index is 11.4. The lowest BCUT2D eigenvalue weighted by atomic mass is 9.73. The van der Waals surface area contributed by atoms with E-state index in [1.54, 1.807) is 0 Å². The van der Waals surface area contributed by atoms with Gasteiger partial charge in [0.2, 0.25) is 11.8 Å². The number of aromatic amines is 1. The molecule has 0 radical (unpaired) electrons. The summed E-state index contributed by atoms with van der Waals surface area (Å²) in [6.07, 6.45) is 0. The van der Waals surface area contributed by atoms with Gasteiger partial charge in [0.25, 0.3) is 0 Å². The molecule has 30 heavy (non-hydrogen) atoms. The number of nitrogens with zero attached hydrogens (tertiary/aromatic N) is 1. The van der Waals surface area contributed by atoms with Crippen molar-refractivity contribution >= 4 is 57.7 Å². The molecule has 2 aromatic carbocycles. The lowest BCUT2D eigenvalue weighted by Gasteiger charge is -2.30. The minimum absolute atomic E-state index is 0.147. The van der Waals surface area contributed by atoms with Gasteiger partial charge in [0.15, 0.2) is 5.15 Å². The number of anilines is 3. The van der Waals surface area contributed by atoms with Crippen LogP contribution in [0.25, 0.3) is 0 Å². The predicted molar refractivity (Wildman–Crippen MR) is 121 cm³/mol. The molecule has 3 aromatic rings. The topological polar surface area (TPSA) is 98.9 Å². The largest absolute Gasteiger partial charge is 0.345 e. The lowest BCUT2D eigenvalue weighted by Crippen LogP contribution is -2.36. The summed E-state index contributed by atoms with van der Waals surface area (Å²) in [4.78, 5) is 23.3. The number of H-pyrrole nitrogens is 1. The minimum atomic E-state index is -0.853. The summed E-state index contributed by atoms with van der Waals surface area (Å²) in [7, 11) is 0. The fraction of sp³-hybridized carbons (Fsp3) is 0.143. The molecule has 2 amide bonds. The van der Waals surface area contributed by atoms with Crippen molar-refractivity contribution in [2.45, 2.75) is 19.3 Å². The van der Waals surface area contributed by atoms with Gasteiger partial charge in [-0.25, -0.2) is 0 Å². The van der Waals surface area contributed by atoms with Gasteiger partial charge in [-0.15, -0.1) is 0 Å². The van der Waals surface area contributed by atoms with Crippen LogP contribution >= 0.6 is 23.8 Å². The summed E-state index contributed by atoms with van der Waals surface area (Å²) in [5.41, 5.74) is 3.63. The molecule has 9 heteroatoms. The normalized spacial score (nSPS) is 14.0. The fourth-order valence-electron chi connectivity index (χ4n) is 3.76. The quantitative estimate of drug-likeness (QED) is 0.459. The summed E-state index contributed by atoms with van der Waals surface area (Å²) in [5.74, 6) is -0.293. The van der Waals surface area contributed by atoms with Crippen molar-refractivity contribution in [3.63, 3.8) is 0 Å². The van der Waals surface area contributed by atoms with Gasteiger partial charge in [0.1, 0.15) is 16.1 Å². The van der Waals surface area contributed by atoms with Gasteiger partial charge in [-0.1, -0.05) is 48.1 Å². The second kappa shape index (κ2) is 7.55. The number of thiocarbonyl (C=S) groups is 1. The highest BCUT2D eigenvalue weighted by atomic mass is 35.5. The number of carbonyl (C=O) groups excluding carboxylic acids is 2. The van der Waals surface area contributed by atoms with E-state index < -0.39 is 5.41 Å². The monoisotopic (exact) mass is 439 g/mol. The van der Waals surface area contributed by atoms with Gasteiger partial charge >= 0.3 is 0 Å². The molecule has 0 atom stereocenters. The Morgan fingerprint density at radius 2 is 1.40 bits per heavy atom. The molecule has 4 rings (SSSR count). The number of benzene rings is 2. The number of fused-ring (bicyclic) bond motifs is 1. The van der Waals surface area contributed by atoms with Crippen LogP contribution in [0.3, 0.4) is 0 Å². The van der Waals surface area contributed by atoms with Crippen LogP contribution in [0.15, 0.2) is 48.5 Å². The molecule has 7 nitrogen and oxygen atoms in total. The zero-order chi connectivity index (χ0) is 21.5. The van der Waals surface area contributed by atoms with E-state index in [4.69, 9.17) is 23.8 Å². The van der Waals surface area contributed by atoms with E-state index in [9.17, 15) is 9.59 Å². The van der Waals surface area contributed by atoms with Crippen LogP contribution in [-0.2, 0) is 15.0 Å². The Kier molecular flexibility index (Phi) is 5.05. The molecule has 1 aromatic heterocycles. The van der Waals surface area contributed by atoms with E-state index >= 15 is 0 Å². The molecule has 0 fully saturated rings. The Bertz CT molecular complexity index is 1100. The Balaban J connectivity index is 1.88. The maximum Gasteiger partial charge on any atom is 0.221 e. The zero-order valence-electron chi connectivity index (χ0n) is 16.2. The van der Waals surface area contributed by atoms with Crippen LogP contribution in [0, 0.1) is 0 Å². The molecule has 1 aliphatic heterocycles. The van der Waals surface area contributed by atoms with Crippen molar-refractivity contribution in [3.8, 4) is 0 Å². The number of hydrogen-bond acceptors (Lipinski definition) is 4. The highest BCUT2D eigenvalue weighted by molar-refractivity contribution is 7.80. The zero-order valence-corrected chi connectivity index (χ0v) is 17.7. The molecule has 0 spiro atoms. The SMILES string of the molecule is CC(=O)Nc1ccc(C2(c3ccc(NC(C)=O)cc3)C(=S)Nc3c(Cl)n[nH]c32)cc1. The number of aromatic nitrogens is 2. The summed E-state index contributed by atoms with van der Waals surface area (Å²) in [6.45, 7) is 2.92. The second-order valence-corrected chi connectivity index (χ2v) is 7.75. The van der Waals surface area contributed by atoms with Gasteiger partial charge in [-0.2, -0.15) is 5.10 Å². The van der Waals surface area contributed by atoms with Gasteiger partial charge in [-0.3, -0.25) is 14.7 Å². The van der Waals surface area contributed by atoms with Crippen molar-refractivity contribution in [1.29, 1.82) is 0 Å². The molecule has 0 saturated heterocycles. The Morgan fingerprint density at radius 1 is 0.933 bits per heavy atom. The average molecular weight is 440 g/mol. The van der Waals surface area contributed by atoms with Crippen molar-refractivity contribution in [3.05, 3.63) is 70.5 Å². The standard InChI is InChI=1S/C21H18ClN5O2S/c1-11(28)23-15-7-3-13(4-8-15)21(14-5-9-16(10-6-14)24-12(2)29)18-17(25-20(21)30)19(22)27-26-18/h3-10H,1-2H3,(H,23,28)(H,24,29)(H,25,30)(H,26,27). The number of carbonyl (C=O) groups is 2. The molecule has 152 valence electrons. The fourth-order valence-corrected chi connectivity index (χ4v) is 4.38. The second-order valence-electron chi connectivity index (χ2n) is 6.99. The molecule has 0 unspecified atom stereocenters. The first kappa shape index (κ1) is 20.1. The van der Waals surface area contributed by atoms with Crippen molar-refractivity contribution in [1.82, 2.24) is 10.2 Å². The van der Waals surface area contributed by atoms with Crippen molar-refractivity contribution in [2.75, 3.05) is 16.0 Å². The third-order valence-corrected chi connectivity index (χ3v) is 5.63. The Hall–Kier alpha value is -3.23. The first-order valence-corrected chi connectivity index (χ1v) is 9.93. The summed E-state index contributed by atoms with van der Waals surface area (Å²) in [6, 6.07) is 14.9. The number of amides is 2. The third-order valence-electron chi connectivity index (χ3n) is 4.95. The number of halogens is 1. The van der Waals surface area contributed by atoms with Crippen molar-refractivity contribution in [2.24, 2.45) is 0 Å². The molecule has 0 aliphatic carbocycles. The van der Waals surface area contributed by atoms with Crippen LogP contribution in [-0.4, -0.2) is 27.0 Å². The minimum Gasteiger partial charge on any atom is -0.345 e. The van der Waals surface area contributed by atoms with Crippen LogP contribution in [0.1, 0.15) is 30.7 Å². The smallest absolute Gasteiger partial charge is 0.221 e. The van der Waals surface area contributed by atoms with Crippen LogP contribution < -0.4 is 16.0 Å². The van der Waals surface area contributed by atoms with E-state index in [-0.39, 0.29) is 11.8 Å². The van der Waals surface area contributed by atoms with Crippen LogP contribution in [0.5, 0.6) is 0 Å². The van der Waals surface area contributed by atoms with E-state index in [0.717, 1.165) is 16.8 Å². The van der Waals surface area contributed by atoms with Crippen molar-refractivity contribution < 1.29 is 9.59 Å². The van der Waals surface area contributed by atoms with E-state index in [2.05, 4.69) is 26.1 Å². The van der Waals surface area contributed by atoms with Gasteiger partial charge < -0.3 is 16.0 Å². The molecule has 0 saturated carbocycles. The van der Waals surface area contributed by atoms with E-state index in [0.29, 0.717) is 27.2 Å². The van der Waals surface area contributed by atoms with E-state index in [1.807, 2.05) is 48.5 Å². The Labute approximate surface area is 183 Å². The predicted octanol–water partition coefficient (Wildman–Crippen LogP) is 4.07. The third kappa shape index (κ3) is 3.24. The molecule has 0 bridgehead atoms. The average Bonchev–Trinajstić information content (AvgIpc) is 3.19. The Morgan fingerprint density at radius 3 is 1.83 bits per heavy atom. The number of rotatable bonds is 4. The molecule has 2 heterocycles. The molecule has 4 N–H and O–H groups in total. The summed E-state index contributed by atoms with van der Waals surface area (Å²) in [5, 5.41) is 16.2. The molecule has 1 aliphatic rings. The number of nitrogens with one attached hydrogen (secondary N) is 4. The highest BCUT2D eigenvalue weighted by Gasteiger charge is 2.49.